The first kappa shape index (κ1) is 21.3. The predicted octanol–water partition coefficient (Wildman–Crippen LogP) is 1.91. The molecule has 9 heteroatoms. The van der Waals surface area contributed by atoms with Crippen molar-refractivity contribution in [2.45, 2.75) is 44.6 Å². The van der Waals surface area contributed by atoms with Crippen molar-refractivity contribution in [3.8, 4) is 0 Å². The van der Waals surface area contributed by atoms with E-state index in [0.29, 0.717) is 17.3 Å². The highest BCUT2D eigenvalue weighted by atomic mass is 16.5. The lowest BCUT2D eigenvalue weighted by molar-refractivity contribution is -0.117. The summed E-state index contributed by atoms with van der Waals surface area (Å²) in [5, 5.41) is 7.34. The largest absolute Gasteiger partial charge is 0.462 e. The summed E-state index contributed by atoms with van der Waals surface area (Å²) in [5.74, 6) is 0.514. The molecule has 0 radical (unpaired) electrons. The normalized spacial score (nSPS) is 17.5. The van der Waals surface area contributed by atoms with Crippen LogP contribution in [-0.4, -0.2) is 57.4 Å². The monoisotopic (exact) mass is 427 g/mol. The van der Waals surface area contributed by atoms with Gasteiger partial charge in [0.25, 0.3) is 0 Å². The minimum Gasteiger partial charge on any atom is -0.462 e. The zero-order valence-corrected chi connectivity index (χ0v) is 18.0. The Kier molecular flexibility index (Phi) is 6.22. The van der Waals surface area contributed by atoms with Crippen molar-refractivity contribution in [1.29, 1.82) is 0 Å². The molecule has 1 saturated heterocycles. The minimum atomic E-state index is -0.448. The molecular formula is C22H29N5O4. The predicted molar refractivity (Wildman–Crippen MR) is 115 cm³/mol. The van der Waals surface area contributed by atoms with Crippen LogP contribution in [0.15, 0.2) is 29.1 Å². The second-order valence-electron chi connectivity index (χ2n) is 8.23. The summed E-state index contributed by atoms with van der Waals surface area (Å²) in [6.45, 7) is 3.79. The van der Waals surface area contributed by atoms with Gasteiger partial charge in [0, 0.05) is 19.0 Å². The lowest BCUT2D eigenvalue weighted by Crippen LogP contribution is -2.39. The van der Waals surface area contributed by atoms with E-state index in [1.165, 1.54) is 4.68 Å². The fraction of sp³-hybridized carbons (Fsp3) is 0.545. The van der Waals surface area contributed by atoms with Crippen LogP contribution in [0, 0.1) is 0 Å². The van der Waals surface area contributed by atoms with Crippen molar-refractivity contribution in [3.05, 3.63) is 46.1 Å². The van der Waals surface area contributed by atoms with Crippen molar-refractivity contribution in [2.75, 3.05) is 31.6 Å². The molecule has 1 aliphatic heterocycles. The van der Waals surface area contributed by atoms with E-state index < -0.39 is 5.97 Å². The molecule has 1 aliphatic carbocycles. The van der Waals surface area contributed by atoms with Gasteiger partial charge in [0.05, 0.1) is 24.4 Å². The number of hydrogen-bond acceptors (Lipinski definition) is 6. The Hall–Kier alpha value is -2.94. The van der Waals surface area contributed by atoms with Gasteiger partial charge in [0.15, 0.2) is 0 Å². The fourth-order valence-corrected chi connectivity index (χ4v) is 4.17. The first-order valence-corrected chi connectivity index (χ1v) is 10.9. The molecule has 1 amide bonds. The van der Waals surface area contributed by atoms with E-state index >= 15 is 0 Å². The van der Waals surface area contributed by atoms with Gasteiger partial charge in [-0.25, -0.2) is 14.3 Å². The number of piperidine rings is 1. The summed E-state index contributed by atoms with van der Waals surface area (Å²) < 4.78 is 8.38. The van der Waals surface area contributed by atoms with Gasteiger partial charge in [-0.15, -0.1) is 0 Å². The number of benzene rings is 1. The molecule has 2 fully saturated rings. The number of carbonyl (C=O) groups is 2. The number of nitrogens with one attached hydrogen (secondary N) is 1. The number of hydrogen-bond donors (Lipinski definition) is 1. The molecule has 1 aromatic heterocycles. The van der Waals surface area contributed by atoms with Gasteiger partial charge in [-0.05, 0) is 57.8 Å². The third kappa shape index (κ3) is 4.71. The van der Waals surface area contributed by atoms with Crippen LogP contribution in [0.4, 0.5) is 5.69 Å². The van der Waals surface area contributed by atoms with Crippen LogP contribution in [0.2, 0.25) is 0 Å². The molecule has 31 heavy (non-hydrogen) atoms. The Morgan fingerprint density at radius 3 is 2.55 bits per heavy atom. The van der Waals surface area contributed by atoms with Crippen molar-refractivity contribution in [3.63, 3.8) is 0 Å². The molecule has 1 aromatic carbocycles. The molecule has 2 aromatic rings. The third-order valence-corrected chi connectivity index (χ3v) is 5.91. The van der Waals surface area contributed by atoms with Gasteiger partial charge in [0.2, 0.25) is 5.91 Å². The number of aromatic nitrogens is 3. The first-order valence-electron chi connectivity index (χ1n) is 10.9. The highest BCUT2D eigenvalue weighted by Crippen LogP contribution is 2.37. The van der Waals surface area contributed by atoms with Crippen LogP contribution in [0.1, 0.15) is 60.7 Å². The van der Waals surface area contributed by atoms with Gasteiger partial charge >= 0.3 is 11.7 Å². The standard InChI is InChI=1S/C22H29N5O4/c1-3-31-21(29)17-6-4-5-7-18(17)23-19(28)14-26-12-10-15(11-13-26)20-24-25(2)22(30)27(20)16-8-9-16/h4-7,15-16H,3,8-14H2,1-2H3,(H,23,28). The summed E-state index contributed by atoms with van der Waals surface area (Å²) in [5.41, 5.74) is 0.784. The van der Waals surface area contributed by atoms with Crippen molar-refractivity contribution in [2.24, 2.45) is 7.05 Å². The van der Waals surface area contributed by atoms with Crippen molar-refractivity contribution < 1.29 is 14.3 Å². The second-order valence-corrected chi connectivity index (χ2v) is 8.23. The highest BCUT2D eigenvalue weighted by Gasteiger charge is 2.33. The van der Waals surface area contributed by atoms with Crippen LogP contribution in [0.3, 0.4) is 0 Å². The van der Waals surface area contributed by atoms with Crippen LogP contribution in [0.25, 0.3) is 0 Å². The Labute approximate surface area is 181 Å². The molecular weight excluding hydrogens is 398 g/mol. The Morgan fingerprint density at radius 2 is 1.87 bits per heavy atom. The maximum Gasteiger partial charge on any atom is 0.345 e. The van der Waals surface area contributed by atoms with E-state index in [1.807, 2.05) is 4.57 Å². The van der Waals surface area contributed by atoms with Crippen LogP contribution < -0.4 is 11.0 Å². The van der Waals surface area contributed by atoms with E-state index in [1.54, 1.807) is 38.2 Å². The fourth-order valence-electron chi connectivity index (χ4n) is 4.17. The lowest BCUT2D eigenvalue weighted by atomic mass is 9.96. The van der Waals surface area contributed by atoms with Gasteiger partial charge in [-0.1, -0.05) is 12.1 Å². The van der Waals surface area contributed by atoms with E-state index in [4.69, 9.17) is 4.74 Å². The molecule has 0 bridgehead atoms. The molecule has 166 valence electrons. The molecule has 1 saturated carbocycles. The summed E-state index contributed by atoms with van der Waals surface area (Å²) in [6.07, 6.45) is 3.81. The Balaban J connectivity index is 1.34. The smallest absolute Gasteiger partial charge is 0.345 e. The zero-order chi connectivity index (χ0) is 22.0. The first-order chi connectivity index (χ1) is 15.0. The number of aryl methyl sites for hydroxylation is 1. The van der Waals surface area contributed by atoms with Crippen LogP contribution in [0.5, 0.6) is 0 Å². The molecule has 2 aliphatic rings. The zero-order valence-electron chi connectivity index (χ0n) is 18.0. The number of carbonyl (C=O) groups excluding carboxylic acids is 2. The quantitative estimate of drug-likeness (QED) is 0.678. The van der Waals surface area contributed by atoms with Crippen LogP contribution in [-0.2, 0) is 16.6 Å². The Bertz CT molecular complexity index is 1020. The van der Waals surface area contributed by atoms with E-state index in [2.05, 4.69) is 15.3 Å². The van der Waals surface area contributed by atoms with Gasteiger partial charge in [0.1, 0.15) is 5.82 Å². The maximum atomic E-state index is 12.6. The molecule has 4 rings (SSSR count). The van der Waals surface area contributed by atoms with Crippen molar-refractivity contribution in [1.82, 2.24) is 19.2 Å². The number of rotatable bonds is 7. The number of ether oxygens (including phenoxy) is 1. The molecule has 1 N–H and O–H groups in total. The lowest BCUT2D eigenvalue weighted by Gasteiger charge is -2.31. The number of anilines is 1. The number of amides is 1. The average Bonchev–Trinajstić information content (AvgIpc) is 3.54. The highest BCUT2D eigenvalue weighted by molar-refractivity contribution is 6.01. The van der Waals surface area contributed by atoms with Crippen LogP contribution >= 0.6 is 0 Å². The minimum absolute atomic E-state index is 0.0282. The van der Waals surface area contributed by atoms with E-state index in [9.17, 15) is 14.4 Å². The summed E-state index contributed by atoms with van der Waals surface area (Å²) in [6, 6.07) is 7.17. The summed E-state index contributed by atoms with van der Waals surface area (Å²) >= 11 is 0. The van der Waals surface area contributed by atoms with E-state index in [0.717, 1.165) is 44.6 Å². The summed E-state index contributed by atoms with van der Waals surface area (Å²) in [4.78, 5) is 39.2. The average molecular weight is 428 g/mol. The third-order valence-electron chi connectivity index (χ3n) is 5.91. The van der Waals surface area contributed by atoms with Gasteiger partial charge < -0.3 is 10.1 Å². The number of likely N-dealkylation sites (tertiary alicyclic amines) is 1. The Morgan fingerprint density at radius 1 is 1.16 bits per heavy atom. The number of para-hydroxylation sites is 1. The molecule has 9 nitrogen and oxygen atoms in total. The molecule has 2 heterocycles. The SMILES string of the molecule is CCOC(=O)c1ccccc1NC(=O)CN1CCC(c2nn(C)c(=O)n2C2CC2)CC1. The molecule has 0 spiro atoms. The number of nitrogens with zero attached hydrogens (tertiary/aromatic N) is 4. The summed E-state index contributed by atoms with van der Waals surface area (Å²) in [7, 11) is 1.71. The van der Waals surface area contributed by atoms with E-state index in [-0.39, 0.29) is 30.7 Å². The van der Waals surface area contributed by atoms with Gasteiger partial charge in [-0.2, -0.15) is 5.10 Å². The topological polar surface area (TPSA) is 98.5 Å². The van der Waals surface area contributed by atoms with Gasteiger partial charge in [-0.3, -0.25) is 14.3 Å². The second kappa shape index (κ2) is 9.05. The number of esters is 1. The molecule has 0 atom stereocenters. The van der Waals surface area contributed by atoms with Crippen molar-refractivity contribution >= 4 is 17.6 Å². The maximum absolute atomic E-state index is 12.6. The molecule has 0 unspecified atom stereocenters.